The van der Waals surface area contributed by atoms with Gasteiger partial charge in [-0.2, -0.15) is 0 Å². The molecule has 0 heterocycles. The third kappa shape index (κ3) is 3.31. The molecule has 0 aliphatic heterocycles. The van der Waals surface area contributed by atoms with Crippen molar-refractivity contribution < 1.29 is 14.3 Å². The van der Waals surface area contributed by atoms with E-state index in [4.69, 9.17) is 21.1 Å². The molecule has 3 rings (SSSR count). The van der Waals surface area contributed by atoms with Crippen LogP contribution in [-0.4, -0.2) is 25.4 Å². The molecule has 1 aliphatic rings. The number of rotatable bonds is 6. The van der Waals surface area contributed by atoms with Crippen LogP contribution in [0.3, 0.4) is 0 Å². The van der Waals surface area contributed by atoms with Gasteiger partial charge in [-0.1, -0.05) is 36.4 Å². The highest BCUT2D eigenvalue weighted by Gasteiger charge is 2.28. The van der Waals surface area contributed by atoms with E-state index in [2.05, 4.69) is 0 Å². The summed E-state index contributed by atoms with van der Waals surface area (Å²) in [5.41, 5.74) is 3.34. The van der Waals surface area contributed by atoms with Gasteiger partial charge in [0.1, 0.15) is 11.5 Å². The van der Waals surface area contributed by atoms with Gasteiger partial charge in [-0.05, 0) is 24.1 Å². The second-order valence-corrected chi connectivity index (χ2v) is 5.97. The third-order valence-corrected chi connectivity index (χ3v) is 4.29. The number of ketones is 1. The van der Waals surface area contributed by atoms with E-state index in [1.54, 1.807) is 7.11 Å². The number of alkyl halides is 1. The number of carbonyl (C=O) groups is 1. The Morgan fingerprint density at radius 2 is 2.00 bits per heavy atom. The lowest BCUT2D eigenvalue weighted by Crippen LogP contribution is -2.03. The van der Waals surface area contributed by atoms with Crippen molar-refractivity contribution in [3.63, 3.8) is 0 Å². The van der Waals surface area contributed by atoms with E-state index in [0.29, 0.717) is 30.2 Å². The molecule has 0 atom stereocenters. The number of fused-ring (bicyclic) bond motifs is 1. The van der Waals surface area contributed by atoms with Crippen molar-refractivity contribution in [1.29, 1.82) is 0 Å². The molecule has 24 heavy (non-hydrogen) atoms. The number of benzene rings is 2. The molecule has 4 heteroatoms. The van der Waals surface area contributed by atoms with Crippen molar-refractivity contribution in [2.75, 3.05) is 19.6 Å². The Morgan fingerprint density at radius 1 is 1.17 bits per heavy atom. The second-order valence-electron chi connectivity index (χ2n) is 5.59. The molecule has 0 aromatic heterocycles. The van der Waals surface area contributed by atoms with Crippen LogP contribution in [0.2, 0.25) is 0 Å². The van der Waals surface area contributed by atoms with Gasteiger partial charge in [0.25, 0.3) is 0 Å². The fraction of sp³-hybridized carbons (Fsp3) is 0.250. The monoisotopic (exact) mass is 342 g/mol. The van der Waals surface area contributed by atoms with E-state index < -0.39 is 0 Å². The summed E-state index contributed by atoms with van der Waals surface area (Å²) < 4.78 is 11.3. The lowest BCUT2D eigenvalue weighted by Gasteiger charge is -2.12. The number of hydrogen-bond acceptors (Lipinski definition) is 3. The molecule has 0 radical (unpaired) electrons. The maximum absolute atomic E-state index is 12.7. The molecular weight excluding hydrogens is 324 g/mol. The second kappa shape index (κ2) is 7.54. The Bertz CT molecular complexity index is 780. The van der Waals surface area contributed by atoms with Gasteiger partial charge < -0.3 is 9.47 Å². The molecule has 1 aliphatic carbocycles. The van der Waals surface area contributed by atoms with E-state index in [9.17, 15) is 4.79 Å². The number of ether oxygens (including phenoxy) is 2. The summed E-state index contributed by atoms with van der Waals surface area (Å²) in [5.74, 6) is 1.96. The molecule has 0 amide bonds. The molecule has 0 fully saturated rings. The Balaban J connectivity index is 1.92. The van der Waals surface area contributed by atoms with Gasteiger partial charge >= 0.3 is 0 Å². The zero-order valence-corrected chi connectivity index (χ0v) is 14.3. The van der Waals surface area contributed by atoms with Crippen LogP contribution in [-0.2, 0) is 11.2 Å². The summed E-state index contributed by atoms with van der Waals surface area (Å²) in [6.45, 7) is 0.566. The average molecular weight is 343 g/mol. The summed E-state index contributed by atoms with van der Waals surface area (Å²) in [4.78, 5) is 12.7. The van der Waals surface area contributed by atoms with E-state index >= 15 is 0 Å². The van der Waals surface area contributed by atoms with Gasteiger partial charge in [-0.25, -0.2) is 0 Å². The minimum absolute atomic E-state index is 0.0379. The first-order valence-electron chi connectivity index (χ1n) is 7.93. The van der Waals surface area contributed by atoms with E-state index in [0.717, 1.165) is 28.9 Å². The van der Waals surface area contributed by atoms with Gasteiger partial charge in [0.15, 0.2) is 5.78 Å². The summed E-state index contributed by atoms with van der Waals surface area (Å²) in [5, 5.41) is 0. The molecule has 0 unspecified atom stereocenters. The van der Waals surface area contributed by atoms with Gasteiger partial charge in [0, 0.05) is 29.0 Å². The fourth-order valence-electron chi connectivity index (χ4n) is 2.90. The lowest BCUT2D eigenvalue weighted by molar-refractivity contribution is 0.103. The van der Waals surface area contributed by atoms with Crippen molar-refractivity contribution >= 4 is 23.1 Å². The molecule has 0 saturated carbocycles. The minimum Gasteiger partial charge on any atom is -0.496 e. The van der Waals surface area contributed by atoms with Gasteiger partial charge in [-0.3, -0.25) is 4.79 Å². The minimum atomic E-state index is 0.0379. The first-order chi connectivity index (χ1) is 11.7. The molecule has 124 valence electrons. The lowest BCUT2D eigenvalue weighted by atomic mass is 10.0. The van der Waals surface area contributed by atoms with Gasteiger partial charge in [-0.15, -0.1) is 11.6 Å². The average Bonchev–Trinajstić information content (AvgIpc) is 2.94. The molecule has 0 spiro atoms. The number of carbonyl (C=O) groups excluding carboxylic acids is 1. The zero-order chi connectivity index (χ0) is 16.9. The van der Waals surface area contributed by atoms with E-state index in [-0.39, 0.29) is 5.78 Å². The molecule has 2 aromatic rings. The van der Waals surface area contributed by atoms with Crippen LogP contribution in [0.4, 0.5) is 0 Å². The van der Waals surface area contributed by atoms with Crippen LogP contribution in [0.15, 0.2) is 54.1 Å². The normalized spacial score (nSPS) is 15.2. The molecule has 0 N–H and O–H groups in total. The van der Waals surface area contributed by atoms with E-state index in [1.165, 1.54) is 0 Å². The van der Waals surface area contributed by atoms with Crippen LogP contribution in [0.1, 0.15) is 27.9 Å². The summed E-state index contributed by atoms with van der Waals surface area (Å²) >= 11 is 5.67. The Hall–Kier alpha value is -2.26. The summed E-state index contributed by atoms with van der Waals surface area (Å²) in [7, 11) is 1.60. The standard InChI is InChI=1S/C20H19ClO3/c1-23-20(15-7-4-8-16(12-15)24-11-5-10-21)18-13-14-6-2-3-9-17(14)19(18)22/h2-4,6-9,12H,5,10-11,13H2,1H3. The van der Waals surface area contributed by atoms with Crippen LogP contribution >= 0.6 is 11.6 Å². The smallest absolute Gasteiger partial charge is 0.193 e. The van der Waals surface area contributed by atoms with Crippen LogP contribution < -0.4 is 4.74 Å². The highest BCUT2D eigenvalue weighted by Crippen LogP contribution is 2.33. The Labute approximate surface area is 146 Å². The predicted octanol–water partition coefficient (Wildman–Crippen LogP) is 4.49. The van der Waals surface area contributed by atoms with Crippen molar-refractivity contribution in [3.05, 3.63) is 70.8 Å². The maximum Gasteiger partial charge on any atom is 0.193 e. The molecule has 2 aromatic carbocycles. The van der Waals surface area contributed by atoms with Crippen molar-refractivity contribution in [2.45, 2.75) is 12.8 Å². The molecule has 0 bridgehead atoms. The fourth-order valence-corrected chi connectivity index (χ4v) is 3.01. The highest BCUT2D eigenvalue weighted by atomic mass is 35.5. The number of allylic oxidation sites excluding steroid dienone is 1. The quantitative estimate of drug-likeness (QED) is 0.336. The topological polar surface area (TPSA) is 35.5 Å². The van der Waals surface area contributed by atoms with E-state index in [1.807, 2.05) is 48.5 Å². The van der Waals surface area contributed by atoms with Gasteiger partial charge in [0.05, 0.1) is 13.7 Å². The highest BCUT2D eigenvalue weighted by molar-refractivity contribution is 6.17. The number of Topliss-reactive ketones (excluding diaryl/α,β-unsaturated/α-hetero) is 1. The van der Waals surface area contributed by atoms with Crippen molar-refractivity contribution in [3.8, 4) is 5.75 Å². The number of hydrogen-bond donors (Lipinski definition) is 0. The van der Waals surface area contributed by atoms with Gasteiger partial charge in [0.2, 0.25) is 0 Å². The van der Waals surface area contributed by atoms with Crippen molar-refractivity contribution in [2.24, 2.45) is 0 Å². The SMILES string of the molecule is COC(=C1Cc2ccccc2C1=O)c1cccc(OCCCCl)c1. The predicted molar refractivity (Wildman–Crippen MR) is 95.7 cm³/mol. The summed E-state index contributed by atoms with van der Waals surface area (Å²) in [6, 6.07) is 15.3. The number of halogens is 1. The maximum atomic E-state index is 12.7. The zero-order valence-electron chi connectivity index (χ0n) is 13.5. The number of methoxy groups -OCH3 is 1. The largest absolute Gasteiger partial charge is 0.496 e. The van der Waals surface area contributed by atoms with Crippen LogP contribution in [0, 0.1) is 0 Å². The Kier molecular flexibility index (Phi) is 5.21. The van der Waals surface area contributed by atoms with Crippen LogP contribution in [0.25, 0.3) is 5.76 Å². The Morgan fingerprint density at radius 3 is 2.75 bits per heavy atom. The third-order valence-electron chi connectivity index (χ3n) is 4.02. The first kappa shape index (κ1) is 16.6. The molecular formula is C20H19ClO3. The first-order valence-corrected chi connectivity index (χ1v) is 8.47. The molecule has 3 nitrogen and oxygen atoms in total. The molecule has 0 saturated heterocycles. The summed E-state index contributed by atoms with van der Waals surface area (Å²) in [6.07, 6.45) is 1.38. The van der Waals surface area contributed by atoms with Crippen LogP contribution in [0.5, 0.6) is 5.75 Å². The van der Waals surface area contributed by atoms with Crippen molar-refractivity contribution in [1.82, 2.24) is 0 Å².